The van der Waals surface area contributed by atoms with E-state index in [-0.39, 0.29) is 6.42 Å². The van der Waals surface area contributed by atoms with Crippen LogP contribution in [0.3, 0.4) is 0 Å². The van der Waals surface area contributed by atoms with Crippen molar-refractivity contribution in [1.82, 2.24) is 10.3 Å². The molecule has 2 atom stereocenters. The zero-order valence-corrected chi connectivity index (χ0v) is 7.34. The summed E-state index contributed by atoms with van der Waals surface area (Å²) in [4.78, 5) is 12.2. The van der Waals surface area contributed by atoms with E-state index in [1.807, 2.05) is 0 Å². The maximum absolute atomic E-state index is 10.7. The first kappa shape index (κ1) is 9.79. The number of aliphatic hydroxyl groups is 1. The maximum atomic E-state index is 10.7. The number of carboxylic acids is 1. The van der Waals surface area contributed by atoms with Crippen LogP contribution in [0, 0.1) is 0 Å². The van der Waals surface area contributed by atoms with Gasteiger partial charge >= 0.3 is 5.97 Å². The number of rotatable bonds is 3. The van der Waals surface area contributed by atoms with Crippen molar-refractivity contribution in [2.24, 2.45) is 5.10 Å². The van der Waals surface area contributed by atoms with Crippen LogP contribution in [-0.2, 0) is 4.79 Å². The number of nitrogens with zero attached hydrogens (tertiary/aromatic N) is 2. The molecule has 1 fully saturated rings. The highest BCUT2D eigenvalue weighted by Crippen LogP contribution is 2.15. The van der Waals surface area contributed by atoms with E-state index >= 15 is 0 Å². The molecule has 0 saturated carbocycles. The van der Waals surface area contributed by atoms with Crippen molar-refractivity contribution in [2.75, 3.05) is 13.6 Å². The topological polar surface area (TPSA) is 85.2 Å². The van der Waals surface area contributed by atoms with Crippen LogP contribution >= 0.6 is 0 Å². The first-order valence-corrected chi connectivity index (χ1v) is 4.01. The van der Waals surface area contributed by atoms with Crippen molar-refractivity contribution < 1.29 is 15.0 Å². The molecular formula is C7H13N3O3. The molecule has 0 amide bonds. The van der Waals surface area contributed by atoms with Gasteiger partial charge in [-0.15, -0.1) is 0 Å². The summed E-state index contributed by atoms with van der Waals surface area (Å²) in [6.07, 6.45) is 1.07. The van der Waals surface area contributed by atoms with E-state index in [4.69, 9.17) is 5.11 Å². The molecule has 0 aromatic rings. The van der Waals surface area contributed by atoms with Crippen LogP contribution < -0.4 is 5.43 Å². The monoisotopic (exact) mass is 187 g/mol. The van der Waals surface area contributed by atoms with E-state index in [1.54, 1.807) is 7.05 Å². The number of nitrogens with one attached hydrogen (secondary N) is 1. The van der Waals surface area contributed by atoms with Gasteiger partial charge in [0.25, 0.3) is 0 Å². The Morgan fingerprint density at radius 2 is 2.46 bits per heavy atom. The Morgan fingerprint density at radius 1 is 1.77 bits per heavy atom. The number of hydrogen-bond donors (Lipinski definition) is 3. The van der Waals surface area contributed by atoms with Crippen LogP contribution in [0.15, 0.2) is 5.10 Å². The van der Waals surface area contributed by atoms with Crippen LogP contribution in [0.25, 0.3) is 0 Å². The number of hydrogen-bond acceptors (Lipinski definition) is 4. The SMILES string of the molecule is CNN=CN1C[C@H](O)C[C@H]1C(=O)O. The molecule has 74 valence electrons. The average Bonchev–Trinajstić information content (AvgIpc) is 2.43. The molecule has 13 heavy (non-hydrogen) atoms. The maximum Gasteiger partial charge on any atom is 0.326 e. The van der Waals surface area contributed by atoms with Crippen LogP contribution in [0.4, 0.5) is 0 Å². The van der Waals surface area contributed by atoms with Crippen molar-refractivity contribution >= 4 is 12.3 Å². The quantitative estimate of drug-likeness (QED) is 0.289. The van der Waals surface area contributed by atoms with Gasteiger partial charge < -0.3 is 20.5 Å². The van der Waals surface area contributed by atoms with Gasteiger partial charge in [-0.05, 0) is 0 Å². The molecule has 0 bridgehead atoms. The van der Waals surface area contributed by atoms with E-state index in [0.29, 0.717) is 6.54 Å². The first-order valence-electron chi connectivity index (χ1n) is 4.01. The minimum Gasteiger partial charge on any atom is -0.480 e. The van der Waals surface area contributed by atoms with Gasteiger partial charge in [-0.3, -0.25) is 0 Å². The number of likely N-dealkylation sites (tertiary alicyclic amines) is 1. The van der Waals surface area contributed by atoms with Crippen LogP contribution in [0.5, 0.6) is 0 Å². The molecule has 1 aliphatic heterocycles. The lowest BCUT2D eigenvalue weighted by Crippen LogP contribution is -2.35. The van der Waals surface area contributed by atoms with Gasteiger partial charge in [0.1, 0.15) is 12.4 Å². The predicted molar refractivity (Wildman–Crippen MR) is 46.3 cm³/mol. The third-order valence-corrected chi connectivity index (χ3v) is 1.94. The molecule has 0 radical (unpaired) electrons. The third-order valence-electron chi connectivity index (χ3n) is 1.94. The summed E-state index contributed by atoms with van der Waals surface area (Å²) < 4.78 is 0. The summed E-state index contributed by atoms with van der Waals surface area (Å²) in [6, 6.07) is -0.660. The molecule has 1 heterocycles. The van der Waals surface area contributed by atoms with Crippen LogP contribution in [0.2, 0.25) is 0 Å². The Balaban J connectivity index is 2.60. The van der Waals surface area contributed by atoms with Crippen molar-refractivity contribution in [3.8, 4) is 0 Å². The molecule has 0 unspecified atom stereocenters. The third kappa shape index (κ3) is 2.32. The molecule has 0 aromatic carbocycles. The molecule has 6 nitrogen and oxygen atoms in total. The van der Waals surface area contributed by atoms with Crippen molar-refractivity contribution in [3.63, 3.8) is 0 Å². The molecule has 0 aliphatic carbocycles. The summed E-state index contributed by atoms with van der Waals surface area (Å²) >= 11 is 0. The fourth-order valence-electron chi connectivity index (χ4n) is 1.34. The minimum absolute atomic E-state index is 0.255. The number of carbonyl (C=O) groups is 1. The van der Waals surface area contributed by atoms with E-state index < -0.39 is 18.1 Å². The van der Waals surface area contributed by atoms with E-state index in [1.165, 1.54) is 11.2 Å². The minimum atomic E-state index is -0.931. The molecule has 6 heteroatoms. The zero-order chi connectivity index (χ0) is 9.84. The van der Waals surface area contributed by atoms with Gasteiger partial charge in [-0.25, -0.2) is 4.79 Å². The predicted octanol–water partition coefficient (Wildman–Crippen LogP) is -1.33. The van der Waals surface area contributed by atoms with Crippen molar-refractivity contribution in [3.05, 3.63) is 0 Å². The Labute approximate surface area is 75.8 Å². The highest BCUT2D eigenvalue weighted by atomic mass is 16.4. The molecule has 0 aromatic heterocycles. The number of β-amino-alcohol motifs (C(OH)–C–C–N with tert-alkyl or cyclic N) is 1. The fraction of sp³-hybridized carbons (Fsp3) is 0.714. The molecule has 1 rings (SSSR count). The molecular weight excluding hydrogens is 174 g/mol. The van der Waals surface area contributed by atoms with Crippen molar-refractivity contribution in [1.29, 1.82) is 0 Å². The Hall–Kier alpha value is -1.30. The van der Waals surface area contributed by atoms with E-state index in [0.717, 1.165) is 0 Å². The number of carboxylic acid groups (broad SMARTS) is 1. The normalized spacial score (nSPS) is 28.3. The number of aliphatic hydroxyl groups excluding tert-OH is 1. The van der Waals surface area contributed by atoms with Gasteiger partial charge in [0, 0.05) is 20.0 Å². The highest BCUT2D eigenvalue weighted by molar-refractivity contribution is 5.77. The second-order valence-corrected chi connectivity index (χ2v) is 2.91. The lowest BCUT2D eigenvalue weighted by Gasteiger charge is -2.16. The largest absolute Gasteiger partial charge is 0.480 e. The van der Waals surface area contributed by atoms with Gasteiger partial charge in [-0.2, -0.15) is 5.10 Å². The van der Waals surface area contributed by atoms with Gasteiger partial charge in [0.15, 0.2) is 0 Å². The van der Waals surface area contributed by atoms with Gasteiger partial charge in [0.05, 0.1) is 6.10 Å². The highest BCUT2D eigenvalue weighted by Gasteiger charge is 2.34. The second kappa shape index (κ2) is 4.08. The van der Waals surface area contributed by atoms with Crippen molar-refractivity contribution in [2.45, 2.75) is 18.6 Å². The first-order chi connectivity index (χ1) is 6.15. The standard InChI is InChI=1S/C7H13N3O3/c1-8-9-4-10-3-5(11)2-6(10)7(12)13/h4-6,8,11H,2-3H2,1H3,(H,12,13)/t5-,6+/m1/s1. The summed E-state index contributed by atoms with van der Waals surface area (Å²) in [6.45, 7) is 0.322. The molecule has 1 saturated heterocycles. The summed E-state index contributed by atoms with van der Waals surface area (Å²) in [7, 11) is 1.62. The zero-order valence-electron chi connectivity index (χ0n) is 7.34. The average molecular weight is 187 g/mol. The number of aliphatic carboxylic acids is 1. The summed E-state index contributed by atoms with van der Waals surface area (Å²) in [5.41, 5.74) is 2.52. The van der Waals surface area contributed by atoms with Gasteiger partial charge in [-0.1, -0.05) is 0 Å². The smallest absolute Gasteiger partial charge is 0.326 e. The summed E-state index contributed by atoms with van der Waals surface area (Å²) in [5, 5.41) is 21.7. The van der Waals surface area contributed by atoms with Crippen LogP contribution in [-0.4, -0.2) is 53.2 Å². The lowest BCUT2D eigenvalue weighted by molar-refractivity contribution is -0.140. The Bertz CT molecular complexity index is 219. The van der Waals surface area contributed by atoms with Crippen LogP contribution in [0.1, 0.15) is 6.42 Å². The van der Waals surface area contributed by atoms with E-state index in [9.17, 15) is 9.90 Å². The fourth-order valence-corrected chi connectivity index (χ4v) is 1.34. The Kier molecular flexibility index (Phi) is 3.07. The lowest BCUT2D eigenvalue weighted by atomic mass is 10.2. The molecule has 1 aliphatic rings. The summed E-state index contributed by atoms with van der Waals surface area (Å²) in [5.74, 6) is -0.931. The molecule has 3 N–H and O–H groups in total. The number of hydrazone groups is 1. The second-order valence-electron chi connectivity index (χ2n) is 2.91. The molecule has 0 spiro atoms. The van der Waals surface area contributed by atoms with Gasteiger partial charge in [0.2, 0.25) is 0 Å². The van der Waals surface area contributed by atoms with E-state index in [2.05, 4.69) is 10.5 Å². The Morgan fingerprint density at radius 3 is 3.00 bits per heavy atom.